The minimum Gasteiger partial charge on any atom is -0.462 e. The highest BCUT2D eigenvalue weighted by Crippen LogP contribution is 2.30. The van der Waals surface area contributed by atoms with Gasteiger partial charge in [-0.25, -0.2) is 9.59 Å². The van der Waals surface area contributed by atoms with Gasteiger partial charge in [-0.05, 0) is 38.1 Å². The molecule has 3 aromatic rings. The summed E-state index contributed by atoms with van der Waals surface area (Å²) >= 11 is 0. The van der Waals surface area contributed by atoms with Crippen LogP contribution in [0.3, 0.4) is 0 Å². The number of hydrogen-bond donors (Lipinski definition) is 0. The molecule has 6 heteroatoms. The Balaban J connectivity index is 2.14. The van der Waals surface area contributed by atoms with Gasteiger partial charge in [-0.2, -0.15) is 0 Å². The first kappa shape index (κ1) is 15.9. The maximum Gasteiger partial charge on any atom is 0.513 e. The first-order valence-corrected chi connectivity index (χ1v) is 7.70. The molecule has 0 saturated heterocycles. The molecule has 0 fully saturated rings. The molecule has 2 heterocycles. The fourth-order valence-electron chi connectivity index (χ4n) is 2.64. The van der Waals surface area contributed by atoms with Crippen molar-refractivity contribution in [1.29, 1.82) is 0 Å². The van der Waals surface area contributed by atoms with E-state index in [1.807, 2.05) is 28.8 Å². The lowest BCUT2D eigenvalue weighted by molar-refractivity contribution is 0.0530. The summed E-state index contributed by atoms with van der Waals surface area (Å²) in [7, 11) is 0. The largest absolute Gasteiger partial charge is 0.513 e. The van der Waals surface area contributed by atoms with Gasteiger partial charge < -0.3 is 18.6 Å². The number of aromatic nitrogens is 1. The number of nitrogens with zero attached hydrogens (tertiary/aromatic N) is 1. The molecule has 24 heavy (non-hydrogen) atoms. The Bertz CT molecular complexity index is 912. The Morgan fingerprint density at radius 3 is 2.54 bits per heavy atom. The monoisotopic (exact) mass is 327 g/mol. The molecule has 0 radical (unpaired) electrons. The second kappa shape index (κ2) is 6.62. The summed E-state index contributed by atoms with van der Waals surface area (Å²) in [5.41, 5.74) is 1.98. The normalized spacial score (nSPS) is 10.8. The molecule has 124 valence electrons. The van der Waals surface area contributed by atoms with Crippen molar-refractivity contribution in [3.63, 3.8) is 0 Å². The van der Waals surface area contributed by atoms with Crippen LogP contribution in [0, 0.1) is 0 Å². The average molecular weight is 327 g/mol. The van der Waals surface area contributed by atoms with Crippen molar-refractivity contribution in [1.82, 2.24) is 4.40 Å². The van der Waals surface area contributed by atoms with E-state index in [1.54, 1.807) is 32.0 Å². The molecule has 0 aliphatic rings. The van der Waals surface area contributed by atoms with Crippen LogP contribution in [-0.4, -0.2) is 29.7 Å². The minimum atomic E-state index is -0.761. The molecule has 2 aromatic heterocycles. The number of pyridine rings is 1. The van der Waals surface area contributed by atoms with Crippen LogP contribution in [0.15, 0.2) is 42.6 Å². The van der Waals surface area contributed by atoms with Crippen molar-refractivity contribution in [2.24, 2.45) is 0 Å². The second-order valence-electron chi connectivity index (χ2n) is 5.02. The van der Waals surface area contributed by atoms with Gasteiger partial charge in [0, 0.05) is 17.6 Å². The van der Waals surface area contributed by atoms with Crippen molar-refractivity contribution in [2.75, 3.05) is 13.2 Å². The molecule has 0 atom stereocenters. The van der Waals surface area contributed by atoms with E-state index in [2.05, 4.69) is 0 Å². The van der Waals surface area contributed by atoms with Crippen molar-refractivity contribution < 1.29 is 23.8 Å². The van der Waals surface area contributed by atoms with Crippen molar-refractivity contribution in [3.05, 3.63) is 48.2 Å². The van der Waals surface area contributed by atoms with E-state index >= 15 is 0 Å². The van der Waals surface area contributed by atoms with Gasteiger partial charge in [0.05, 0.1) is 29.8 Å². The third-order valence-electron chi connectivity index (χ3n) is 3.56. The second-order valence-corrected chi connectivity index (χ2v) is 5.02. The molecule has 3 rings (SSSR count). The highest BCUT2D eigenvalue weighted by molar-refractivity contribution is 6.12. The number of esters is 1. The lowest BCUT2D eigenvalue weighted by Crippen LogP contribution is -2.09. The zero-order valence-electron chi connectivity index (χ0n) is 13.4. The van der Waals surface area contributed by atoms with Crippen LogP contribution in [0.1, 0.15) is 24.2 Å². The third-order valence-corrected chi connectivity index (χ3v) is 3.56. The van der Waals surface area contributed by atoms with E-state index < -0.39 is 6.16 Å². The summed E-state index contributed by atoms with van der Waals surface area (Å²) < 4.78 is 16.9. The van der Waals surface area contributed by atoms with Crippen LogP contribution in [0.5, 0.6) is 5.75 Å². The van der Waals surface area contributed by atoms with Gasteiger partial charge in [-0.15, -0.1) is 0 Å². The van der Waals surface area contributed by atoms with Gasteiger partial charge in [-0.3, -0.25) is 0 Å². The Hall–Kier alpha value is -3.02. The van der Waals surface area contributed by atoms with Crippen LogP contribution in [0.4, 0.5) is 4.79 Å². The Labute approximate surface area is 138 Å². The predicted octanol–water partition coefficient (Wildman–Crippen LogP) is 3.80. The highest BCUT2D eigenvalue weighted by atomic mass is 16.7. The SMILES string of the molecule is CCOC(=O)Oc1ccc2c(C(=O)OCC)c3ccccn3c2c1. The molecular formula is C18H17NO5. The molecule has 0 bridgehead atoms. The van der Waals surface area contributed by atoms with Crippen LogP contribution < -0.4 is 4.74 Å². The smallest absolute Gasteiger partial charge is 0.462 e. The van der Waals surface area contributed by atoms with Gasteiger partial charge >= 0.3 is 12.1 Å². The van der Waals surface area contributed by atoms with E-state index in [-0.39, 0.29) is 12.6 Å². The van der Waals surface area contributed by atoms with Crippen molar-refractivity contribution in [3.8, 4) is 5.75 Å². The Morgan fingerprint density at radius 2 is 1.79 bits per heavy atom. The fraction of sp³-hybridized carbons (Fsp3) is 0.222. The number of ether oxygens (including phenoxy) is 3. The molecule has 1 aromatic carbocycles. The predicted molar refractivity (Wildman–Crippen MR) is 88.5 cm³/mol. The van der Waals surface area contributed by atoms with Gasteiger partial charge in [0.15, 0.2) is 0 Å². The molecule has 0 saturated carbocycles. The standard InChI is InChI=1S/C18H17NO5/c1-3-22-17(20)16-13-9-8-12(24-18(21)23-4-2)11-15(13)19-10-6-5-7-14(16)19/h5-11H,3-4H2,1-2H3. The summed E-state index contributed by atoms with van der Waals surface area (Å²) in [4.78, 5) is 23.8. The number of rotatable bonds is 4. The van der Waals surface area contributed by atoms with Crippen LogP contribution in [0.2, 0.25) is 0 Å². The van der Waals surface area contributed by atoms with Gasteiger partial charge in [-0.1, -0.05) is 6.07 Å². The molecule has 0 unspecified atom stereocenters. The number of fused-ring (bicyclic) bond motifs is 3. The maximum atomic E-state index is 12.3. The molecule has 0 N–H and O–H groups in total. The fourth-order valence-corrected chi connectivity index (χ4v) is 2.64. The molecular weight excluding hydrogens is 310 g/mol. The molecule has 0 amide bonds. The Kier molecular flexibility index (Phi) is 4.37. The van der Waals surface area contributed by atoms with Crippen molar-refractivity contribution >= 4 is 28.5 Å². The third kappa shape index (κ3) is 2.78. The molecule has 6 nitrogen and oxygen atoms in total. The molecule has 0 aliphatic carbocycles. The number of carbonyl (C=O) groups is 2. The number of carbonyl (C=O) groups excluding carboxylic acids is 2. The summed E-state index contributed by atoms with van der Waals surface area (Å²) in [6.07, 6.45) is 1.08. The zero-order valence-corrected chi connectivity index (χ0v) is 13.4. The van der Waals surface area contributed by atoms with Crippen LogP contribution in [0.25, 0.3) is 16.4 Å². The lowest BCUT2D eigenvalue weighted by atomic mass is 10.1. The quantitative estimate of drug-likeness (QED) is 0.538. The molecule has 0 spiro atoms. The Morgan fingerprint density at radius 1 is 1.00 bits per heavy atom. The van der Waals surface area contributed by atoms with Gasteiger partial charge in [0.25, 0.3) is 0 Å². The van der Waals surface area contributed by atoms with E-state index in [4.69, 9.17) is 14.2 Å². The first-order valence-electron chi connectivity index (χ1n) is 7.70. The number of hydrogen-bond acceptors (Lipinski definition) is 5. The lowest BCUT2D eigenvalue weighted by Gasteiger charge is -2.04. The summed E-state index contributed by atoms with van der Waals surface area (Å²) in [6, 6.07) is 10.6. The average Bonchev–Trinajstić information content (AvgIpc) is 2.89. The van der Waals surface area contributed by atoms with E-state index in [1.165, 1.54) is 0 Å². The summed E-state index contributed by atoms with van der Waals surface area (Å²) in [5.74, 6) is -0.0325. The summed E-state index contributed by atoms with van der Waals surface area (Å²) in [5, 5.41) is 0.732. The summed E-state index contributed by atoms with van der Waals surface area (Å²) in [6.45, 7) is 4.01. The maximum absolute atomic E-state index is 12.3. The van der Waals surface area contributed by atoms with E-state index in [9.17, 15) is 9.59 Å². The van der Waals surface area contributed by atoms with Crippen LogP contribution >= 0.6 is 0 Å². The topological polar surface area (TPSA) is 66.2 Å². The zero-order chi connectivity index (χ0) is 17.1. The molecule has 0 aliphatic heterocycles. The van der Waals surface area contributed by atoms with E-state index in [0.29, 0.717) is 17.9 Å². The highest BCUT2D eigenvalue weighted by Gasteiger charge is 2.19. The van der Waals surface area contributed by atoms with Gasteiger partial charge in [0.2, 0.25) is 0 Å². The first-order chi connectivity index (χ1) is 11.7. The van der Waals surface area contributed by atoms with Crippen LogP contribution in [-0.2, 0) is 9.47 Å². The van der Waals surface area contributed by atoms with E-state index in [0.717, 1.165) is 16.4 Å². The van der Waals surface area contributed by atoms with Crippen molar-refractivity contribution in [2.45, 2.75) is 13.8 Å². The number of benzene rings is 1. The van der Waals surface area contributed by atoms with Gasteiger partial charge in [0.1, 0.15) is 5.75 Å². The minimum absolute atomic E-state index is 0.238.